The van der Waals surface area contributed by atoms with Gasteiger partial charge in [0.2, 0.25) is 5.91 Å². The molecule has 7 nitrogen and oxygen atoms in total. The van der Waals surface area contributed by atoms with Crippen molar-refractivity contribution < 1.29 is 28.8 Å². The Kier molecular flexibility index (Phi) is 39.4. The third kappa shape index (κ3) is 40.5. The lowest BCUT2D eigenvalue weighted by Gasteiger charge is -2.22. The Bertz CT molecular complexity index is 819. The highest BCUT2D eigenvalue weighted by atomic mass is 31.2. The van der Waals surface area contributed by atoms with Crippen molar-refractivity contribution in [1.82, 2.24) is 5.32 Å². The van der Waals surface area contributed by atoms with Crippen molar-refractivity contribution in [3.05, 3.63) is 12.2 Å². The van der Waals surface area contributed by atoms with E-state index in [4.69, 9.17) is 9.79 Å². The number of unbranched alkanes of at least 4 members (excludes halogenated alkanes) is 33. The predicted molar refractivity (Wildman–Crippen MR) is 223 cm³/mol. The zero-order chi connectivity index (χ0) is 38.2. The van der Waals surface area contributed by atoms with Crippen molar-refractivity contribution in [1.29, 1.82) is 0 Å². The number of aliphatic hydroxyl groups is 1. The van der Waals surface area contributed by atoms with Crippen LogP contribution in [0, 0.1) is 0 Å². The molecule has 0 aromatic rings. The number of carbonyl (C=O) groups excluding carboxylic acids is 1. The van der Waals surface area contributed by atoms with E-state index < -0.39 is 26.6 Å². The summed E-state index contributed by atoms with van der Waals surface area (Å²) in [6, 6.07) is -0.905. The second-order valence-electron chi connectivity index (χ2n) is 15.7. The van der Waals surface area contributed by atoms with E-state index in [0.717, 1.165) is 38.5 Å². The molecular weight excluding hydrogens is 669 g/mol. The second-order valence-corrected chi connectivity index (χ2v) is 17.0. The van der Waals surface area contributed by atoms with E-state index in [1.54, 1.807) is 6.08 Å². The number of carbonyl (C=O) groups is 1. The summed E-state index contributed by atoms with van der Waals surface area (Å²) in [6.45, 7) is 4.10. The van der Waals surface area contributed by atoms with E-state index in [0.29, 0.717) is 6.42 Å². The molecule has 0 aliphatic rings. The Morgan fingerprint density at radius 3 is 1.17 bits per heavy atom. The molecule has 8 heteroatoms. The summed E-state index contributed by atoms with van der Waals surface area (Å²) in [6.07, 6.45) is 48.1. The van der Waals surface area contributed by atoms with E-state index in [2.05, 4.69) is 23.7 Å². The minimum absolute atomic E-state index is 0.221. The molecule has 1 amide bonds. The zero-order valence-electron chi connectivity index (χ0n) is 34.5. The van der Waals surface area contributed by atoms with E-state index in [1.165, 1.54) is 186 Å². The fourth-order valence-electron chi connectivity index (χ4n) is 7.05. The van der Waals surface area contributed by atoms with Gasteiger partial charge in [-0.2, -0.15) is 0 Å². The van der Waals surface area contributed by atoms with Gasteiger partial charge in [0.15, 0.2) is 0 Å². The van der Waals surface area contributed by atoms with Crippen molar-refractivity contribution in [3.63, 3.8) is 0 Å². The average Bonchev–Trinajstić information content (AvgIpc) is 3.11. The number of nitrogens with one attached hydrogen (secondary N) is 1. The standard InChI is InChI=1S/C44H88NO6P/c1-3-5-7-9-11-13-15-17-19-21-22-23-24-26-28-30-32-34-36-38-40-44(47)45-42(41-51-52(48,49)50)43(46)39-37-35-33-31-29-27-25-20-18-16-14-12-10-8-6-4-2/h37,39,42-43,46H,3-36,38,40-41H2,1-2H3,(H,45,47)(H2,48,49,50)/b39-37+/t42-,43+/m0/s1. The Hall–Kier alpha value is -0.720. The van der Waals surface area contributed by atoms with E-state index in [9.17, 15) is 14.5 Å². The number of phosphoric ester groups is 1. The van der Waals surface area contributed by atoms with Crippen LogP contribution in [0.25, 0.3) is 0 Å². The lowest BCUT2D eigenvalue weighted by Crippen LogP contribution is -2.45. The molecule has 310 valence electrons. The Labute approximate surface area is 322 Å². The lowest BCUT2D eigenvalue weighted by atomic mass is 10.0. The fraction of sp³-hybridized carbons (Fsp3) is 0.932. The smallest absolute Gasteiger partial charge is 0.387 e. The molecule has 0 radical (unpaired) electrons. The van der Waals surface area contributed by atoms with E-state index in [1.807, 2.05) is 6.08 Å². The van der Waals surface area contributed by atoms with E-state index >= 15 is 0 Å². The number of phosphoric acid groups is 1. The molecule has 0 rings (SSSR count). The van der Waals surface area contributed by atoms with Gasteiger partial charge in [0.05, 0.1) is 18.8 Å². The van der Waals surface area contributed by atoms with Gasteiger partial charge in [-0.1, -0.05) is 231 Å². The van der Waals surface area contributed by atoms with Gasteiger partial charge in [-0.15, -0.1) is 0 Å². The molecule has 0 fully saturated rings. The van der Waals surface area contributed by atoms with Crippen molar-refractivity contribution in [2.45, 2.75) is 257 Å². The number of allylic oxidation sites excluding steroid dienone is 1. The molecule has 0 aromatic carbocycles. The normalized spacial score (nSPS) is 13.2. The van der Waals surface area contributed by atoms with Crippen LogP contribution in [0.4, 0.5) is 0 Å². The Balaban J connectivity index is 3.88. The first kappa shape index (κ1) is 51.3. The molecule has 0 spiro atoms. The third-order valence-corrected chi connectivity index (χ3v) is 11.0. The topological polar surface area (TPSA) is 116 Å². The number of rotatable bonds is 42. The van der Waals surface area contributed by atoms with Crippen molar-refractivity contribution in [2.75, 3.05) is 6.61 Å². The quantitative estimate of drug-likeness (QED) is 0.0280. The molecule has 0 saturated heterocycles. The highest BCUT2D eigenvalue weighted by Crippen LogP contribution is 2.35. The molecule has 4 N–H and O–H groups in total. The second kappa shape index (κ2) is 40.0. The van der Waals surface area contributed by atoms with Crippen molar-refractivity contribution in [3.8, 4) is 0 Å². The van der Waals surface area contributed by atoms with Crippen LogP contribution in [0.2, 0.25) is 0 Å². The largest absolute Gasteiger partial charge is 0.469 e. The Morgan fingerprint density at radius 1 is 0.538 bits per heavy atom. The first-order chi connectivity index (χ1) is 25.3. The first-order valence-electron chi connectivity index (χ1n) is 22.6. The van der Waals surface area contributed by atoms with Gasteiger partial charge in [0.25, 0.3) is 0 Å². The molecule has 0 unspecified atom stereocenters. The van der Waals surface area contributed by atoms with Crippen LogP contribution < -0.4 is 5.32 Å². The van der Waals surface area contributed by atoms with Gasteiger partial charge in [-0.25, -0.2) is 4.57 Å². The fourth-order valence-corrected chi connectivity index (χ4v) is 7.40. The van der Waals surface area contributed by atoms with Crippen LogP contribution in [0.5, 0.6) is 0 Å². The van der Waals surface area contributed by atoms with Crippen LogP contribution in [0.3, 0.4) is 0 Å². The number of hydrogen-bond donors (Lipinski definition) is 4. The molecule has 0 aliphatic heterocycles. The van der Waals surface area contributed by atoms with Crippen LogP contribution in [-0.2, 0) is 13.9 Å². The molecule has 0 aromatic heterocycles. The summed E-state index contributed by atoms with van der Waals surface area (Å²) in [5.74, 6) is -0.221. The maximum Gasteiger partial charge on any atom is 0.469 e. The maximum atomic E-state index is 12.6. The predicted octanol–water partition coefficient (Wildman–Crippen LogP) is 13.6. The average molecular weight is 758 g/mol. The monoisotopic (exact) mass is 758 g/mol. The van der Waals surface area contributed by atoms with Crippen LogP contribution >= 0.6 is 7.82 Å². The lowest BCUT2D eigenvalue weighted by molar-refractivity contribution is -0.123. The third-order valence-electron chi connectivity index (χ3n) is 10.5. The van der Waals surface area contributed by atoms with Crippen molar-refractivity contribution in [2.24, 2.45) is 0 Å². The molecule has 0 saturated carbocycles. The Morgan fingerprint density at radius 2 is 0.846 bits per heavy atom. The summed E-state index contributed by atoms with van der Waals surface area (Å²) in [5, 5.41) is 13.4. The summed E-state index contributed by atoms with van der Waals surface area (Å²) < 4.78 is 15.9. The highest BCUT2D eigenvalue weighted by molar-refractivity contribution is 7.46. The number of aliphatic hydroxyl groups excluding tert-OH is 1. The number of amides is 1. The SMILES string of the molecule is CCCCCCCCCCCCCCCC/C=C/[C@@H](O)[C@H](COP(=O)(O)O)NC(=O)CCCCCCCCCCCCCCCCCCCCCC. The number of hydrogen-bond acceptors (Lipinski definition) is 4. The summed E-state index contributed by atoms with van der Waals surface area (Å²) in [5.41, 5.74) is 0. The molecule has 0 bridgehead atoms. The highest BCUT2D eigenvalue weighted by Gasteiger charge is 2.24. The van der Waals surface area contributed by atoms with Gasteiger partial charge in [-0.3, -0.25) is 9.32 Å². The van der Waals surface area contributed by atoms with Crippen LogP contribution in [0.1, 0.15) is 245 Å². The van der Waals surface area contributed by atoms with Crippen LogP contribution in [0.15, 0.2) is 12.2 Å². The molecular formula is C44H88NO6P. The van der Waals surface area contributed by atoms with Gasteiger partial charge in [0.1, 0.15) is 0 Å². The molecule has 2 atom stereocenters. The summed E-state index contributed by atoms with van der Waals surface area (Å²) >= 11 is 0. The van der Waals surface area contributed by atoms with Gasteiger partial charge >= 0.3 is 7.82 Å². The molecule has 52 heavy (non-hydrogen) atoms. The van der Waals surface area contributed by atoms with Gasteiger partial charge in [0, 0.05) is 6.42 Å². The first-order valence-corrected chi connectivity index (χ1v) is 24.2. The summed E-state index contributed by atoms with van der Waals surface area (Å²) in [7, 11) is -4.71. The van der Waals surface area contributed by atoms with E-state index in [-0.39, 0.29) is 5.91 Å². The van der Waals surface area contributed by atoms with Crippen molar-refractivity contribution >= 4 is 13.7 Å². The molecule has 0 aliphatic carbocycles. The minimum Gasteiger partial charge on any atom is -0.387 e. The molecule has 0 heterocycles. The van der Waals surface area contributed by atoms with Gasteiger partial charge in [-0.05, 0) is 19.3 Å². The van der Waals surface area contributed by atoms with Crippen LogP contribution in [-0.4, -0.2) is 39.6 Å². The maximum absolute atomic E-state index is 12.6. The minimum atomic E-state index is -4.71. The zero-order valence-corrected chi connectivity index (χ0v) is 35.4. The summed E-state index contributed by atoms with van der Waals surface area (Å²) in [4.78, 5) is 30.9. The van der Waals surface area contributed by atoms with Gasteiger partial charge < -0.3 is 20.2 Å².